The van der Waals surface area contributed by atoms with Gasteiger partial charge in [-0.15, -0.1) is 21.5 Å². The molecule has 3 aromatic heterocycles. The molecule has 0 unspecified atom stereocenters. The standard InChI is InChI=1S/C20H21N5O2S2/c1-3-9-24-18(27)17-15(8-10-28-17)25-19(24)22-23-20(25)29-12-16(26)21-14-7-5-6-13(4-2)11-14/h5-8,10-11H,3-4,9,12H2,1-2H3,(H,21,26). The van der Waals surface area contributed by atoms with Crippen LogP contribution in [0.15, 0.2) is 45.7 Å². The SMILES string of the molecule is CCCn1c(=O)c2sccc2n2c(SCC(=O)Nc3cccc(CC)c3)nnc12. The van der Waals surface area contributed by atoms with E-state index in [0.717, 1.165) is 24.0 Å². The minimum atomic E-state index is -0.108. The van der Waals surface area contributed by atoms with E-state index in [2.05, 4.69) is 22.4 Å². The normalized spacial score (nSPS) is 11.4. The average molecular weight is 428 g/mol. The summed E-state index contributed by atoms with van der Waals surface area (Å²) in [5.41, 5.74) is 2.71. The van der Waals surface area contributed by atoms with Gasteiger partial charge in [-0.1, -0.05) is 37.7 Å². The number of benzene rings is 1. The molecular formula is C20H21N5O2S2. The fourth-order valence-corrected chi connectivity index (χ4v) is 4.78. The Kier molecular flexibility index (Phi) is 5.68. The van der Waals surface area contributed by atoms with Gasteiger partial charge in [0.2, 0.25) is 11.7 Å². The number of thiophene rings is 1. The highest BCUT2D eigenvalue weighted by Crippen LogP contribution is 2.24. The molecule has 0 bridgehead atoms. The molecule has 3 heterocycles. The fraction of sp³-hybridized carbons (Fsp3) is 0.300. The molecule has 0 radical (unpaired) electrons. The molecule has 0 aliphatic carbocycles. The van der Waals surface area contributed by atoms with E-state index >= 15 is 0 Å². The van der Waals surface area contributed by atoms with Crippen LogP contribution in [0.4, 0.5) is 5.69 Å². The molecule has 9 heteroatoms. The zero-order chi connectivity index (χ0) is 20.4. The van der Waals surface area contributed by atoms with Crippen molar-refractivity contribution in [1.82, 2.24) is 19.2 Å². The zero-order valence-corrected chi connectivity index (χ0v) is 17.8. The Morgan fingerprint density at radius 2 is 2.10 bits per heavy atom. The zero-order valence-electron chi connectivity index (χ0n) is 16.2. The molecule has 4 rings (SSSR count). The molecule has 4 aromatic rings. The topological polar surface area (TPSA) is 81.3 Å². The Morgan fingerprint density at radius 1 is 1.24 bits per heavy atom. The molecule has 0 aliphatic heterocycles. The molecule has 0 aliphatic rings. The maximum absolute atomic E-state index is 12.7. The Labute approximate surface area is 175 Å². The summed E-state index contributed by atoms with van der Waals surface area (Å²) in [6.07, 6.45) is 1.74. The summed E-state index contributed by atoms with van der Waals surface area (Å²) >= 11 is 2.72. The number of hydrogen-bond acceptors (Lipinski definition) is 6. The number of amides is 1. The van der Waals surface area contributed by atoms with Crippen LogP contribution in [0, 0.1) is 0 Å². The molecule has 0 saturated heterocycles. The van der Waals surface area contributed by atoms with E-state index in [9.17, 15) is 9.59 Å². The summed E-state index contributed by atoms with van der Waals surface area (Å²) in [5.74, 6) is 0.611. The van der Waals surface area contributed by atoms with E-state index in [1.165, 1.54) is 28.7 Å². The number of carbonyl (C=O) groups is 1. The van der Waals surface area contributed by atoms with E-state index in [1.807, 2.05) is 47.0 Å². The van der Waals surface area contributed by atoms with Gasteiger partial charge in [0.05, 0.1) is 11.3 Å². The molecule has 29 heavy (non-hydrogen) atoms. The molecule has 0 saturated carbocycles. The van der Waals surface area contributed by atoms with Crippen LogP contribution in [-0.2, 0) is 17.8 Å². The Hall–Kier alpha value is -2.65. The van der Waals surface area contributed by atoms with Crippen molar-refractivity contribution in [2.24, 2.45) is 0 Å². The molecule has 150 valence electrons. The smallest absolute Gasteiger partial charge is 0.272 e. The molecule has 1 amide bonds. The number of nitrogens with one attached hydrogen (secondary N) is 1. The predicted octanol–water partition coefficient (Wildman–Crippen LogP) is 3.81. The van der Waals surface area contributed by atoms with Crippen LogP contribution in [0.1, 0.15) is 25.8 Å². The van der Waals surface area contributed by atoms with Crippen LogP contribution in [0.25, 0.3) is 16.0 Å². The van der Waals surface area contributed by atoms with Crippen LogP contribution in [0.3, 0.4) is 0 Å². The van der Waals surface area contributed by atoms with Gasteiger partial charge in [0, 0.05) is 12.2 Å². The first-order valence-corrected chi connectivity index (χ1v) is 11.4. The third kappa shape index (κ3) is 3.79. The summed E-state index contributed by atoms with van der Waals surface area (Å²) in [6, 6.07) is 9.73. The van der Waals surface area contributed by atoms with E-state index in [4.69, 9.17) is 0 Å². The number of nitrogens with zero attached hydrogens (tertiary/aromatic N) is 4. The quantitative estimate of drug-likeness (QED) is 0.454. The van der Waals surface area contributed by atoms with Gasteiger partial charge in [0.15, 0.2) is 5.16 Å². The largest absolute Gasteiger partial charge is 0.325 e. The van der Waals surface area contributed by atoms with E-state index in [1.54, 1.807) is 4.57 Å². The molecule has 7 nitrogen and oxygen atoms in total. The first kappa shape index (κ1) is 19.7. The first-order valence-electron chi connectivity index (χ1n) is 9.49. The fourth-order valence-electron chi connectivity index (χ4n) is 3.21. The summed E-state index contributed by atoms with van der Waals surface area (Å²) in [7, 11) is 0. The van der Waals surface area contributed by atoms with Gasteiger partial charge in [-0.3, -0.25) is 18.6 Å². The second-order valence-electron chi connectivity index (χ2n) is 6.60. The molecule has 0 spiro atoms. The summed E-state index contributed by atoms with van der Waals surface area (Å²) in [6.45, 7) is 4.68. The van der Waals surface area contributed by atoms with Gasteiger partial charge in [0.1, 0.15) is 4.70 Å². The Morgan fingerprint density at radius 3 is 2.90 bits per heavy atom. The van der Waals surface area contributed by atoms with Crippen molar-refractivity contribution in [1.29, 1.82) is 0 Å². The highest BCUT2D eigenvalue weighted by molar-refractivity contribution is 7.99. The van der Waals surface area contributed by atoms with Crippen molar-refractivity contribution in [3.05, 3.63) is 51.6 Å². The minimum absolute atomic E-state index is 0.0400. The number of anilines is 1. The van der Waals surface area contributed by atoms with Crippen LogP contribution >= 0.6 is 23.1 Å². The van der Waals surface area contributed by atoms with E-state index in [0.29, 0.717) is 22.2 Å². The lowest BCUT2D eigenvalue weighted by Crippen LogP contribution is -2.22. The number of fused-ring (bicyclic) bond motifs is 3. The molecular weight excluding hydrogens is 406 g/mol. The maximum Gasteiger partial charge on any atom is 0.272 e. The van der Waals surface area contributed by atoms with E-state index < -0.39 is 0 Å². The summed E-state index contributed by atoms with van der Waals surface area (Å²) in [5, 5.41) is 13.9. The number of hydrogen-bond donors (Lipinski definition) is 1. The highest BCUT2D eigenvalue weighted by atomic mass is 32.2. The van der Waals surface area contributed by atoms with Crippen molar-refractivity contribution in [3.63, 3.8) is 0 Å². The molecule has 0 fully saturated rings. The lowest BCUT2D eigenvalue weighted by molar-refractivity contribution is -0.113. The average Bonchev–Trinajstić information content (AvgIpc) is 3.36. The van der Waals surface area contributed by atoms with Gasteiger partial charge in [-0.2, -0.15) is 0 Å². The van der Waals surface area contributed by atoms with Gasteiger partial charge < -0.3 is 5.32 Å². The monoisotopic (exact) mass is 427 g/mol. The minimum Gasteiger partial charge on any atom is -0.325 e. The highest BCUT2D eigenvalue weighted by Gasteiger charge is 2.18. The third-order valence-corrected chi connectivity index (χ3v) is 6.40. The van der Waals surface area contributed by atoms with Crippen molar-refractivity contribution in [3.8, 4) is 0 Å². The van der Waals surface area contributed by atoms with Crippen LogP contribution < -0.4 is 10.9 Å². The van der Waals surface area contributed by atoms with Crippen molar-refractivity contribution >= 4 is 50.7 Å². The van der Waals surface area contributed by atoms with Gasteiger partial charge in [0.25, 0.3) is 5.56 Å². The van der Waals surface area contributed by atoms with Crippen molar-refractivity contribution in [2.75, 3.05) is 11.1 Å². The van der Waals surface area contributed by atoms with Crippen LogP contribution in [0.2, 0.25) is 0 Å². The van der Waals surface area contributed by atoms with E-state index in [-0.39, 0.29) is 17.2 Å². The van der Waals surface area contributed by atoms with Crippen molar-refractivity contribution in [2.45, 2.75) is 38.4 Å². The summed E-state index contributed by atoms with van der Waals surface area (Å²) < 4.78 is 4.21. The van der Waals surface area contributed by atoms with Crippen LogP contribution in [-0.4, -0.2) is 30.8 Å². The third-order valence-electron chi connectivity index (χ3n) is 4.58. The number of rotatable bonds is 7. The molecule has 0 atom stereocenters. The maximum atomic E-state index is 12.7. The van der Waals surface area contributed by atoms with Crippen molar-refractivity contribution < 1.29 is 4.79 Å². The Balaban J connectivity index is 1.60. The summed E-state index contributed by atoms with van der Waals surface area (Å²) in [4.78, 5) is 25.2. The van der Waals surface area contributed by atoms with Crippen LogP contribution in [0.5, 0.6) is 0 Å². The molecule has 1 aromatic carbocycles. The van der Waals surface area contributed by atoms with Gasteiger partial charge in [-0.05, 0) is 42.0 Å². The number of carbonyl (C=O) groups excluding carboxylic acids is 1. The predicted molar refractivity (Wildman–Crippen MR) is 118 cm³/mol. The Bertz CT molecular complexity index is 1240. The lowest BCUT2D eigenvalue weighted by Gasteiger charge is -2.08. The number of aryl methyl sites for hydroxylation is 2. The molecule has 1 N–H and O–H groups in total. The second-order valence-corrected chi connectivity index (χ2v) is 8.46. The van der Waals surface area contributed by atoms with Gasteiger partial charge >= 0.3 is 0 Å². The number of aromatic nitrogens is 4. The first-order chi connectivity index (χ1) is 14.1. The number of thioether (sulfide) groups is 1. The van der Waals surface area contributed by atoms with Gasteiger partial charge in [-0.25, -0.2) is 0 Å². The lowest BCUT2D eigenvalue weighted by atomic mass is 10.1. The second kappa shape index (κ2) is 8.38.